The minimum atomic E-state index is -2.59. The molecule has 3 aliphatic rings. The number of halogens is 3. The van der Waals surface area contributed by atoms with Gasteiger partial charge in [0.05, 0.1) is 18.2 Å². The van der Waals surface area contributed by atoms with Gasteiger partial charge in [0, 0.05) is 25.9 Å². The largest absolute Gasteiger partial charge is 0.393 e. The zero-order chi connectivity index (χ0) is 20.5. The molecule has 4 heterocycles. The Morgan fingerprint density at radius 1 is 1.28 bits per heavy atom. The SMILES string of the molecule is C=C1[C@@H](O)[C@H](n2ncc3c(N4CC5CC(F)(F)CC5C4)nc(Cl)nc32)O[C@@H]1CO. The molecular formula is C18H20ClF2N5O3. The van der Waals surface area contributed by atoms with Crippen LogP contribution in [0.4, 0.5) is 14.6 Å². The summed E-state index contributed by atoms with van der Waals surface area (Å²) in [5, 5.41) is 24.7. The Bertz CT molecular complexity index is 970. The normalized spacial score (nSPS) is 33.8. The molecule has 156 valence electrons. The first kappa shape index (κ1) is 19.1. The van der Waals surface area contributed by atoms with Gasteiger partial charge in [0.1, 0.15) is 18.0 Å². The molecule has 2 saturated heterocycles. The molecule has 0 aromatic carbocycles. The zero-order valence-corrected chi connectivity index (χ0v) is 16.1. The molecule has 0 bridgehead atoms. The summed E-state index contributed by atoms with van der Waals surface area (Å²) < 4.78 is 34.4. The number of aliphatic hydroxyl groups is 2. The highest BCUT2D eigenvalue weighted by molar-refractivity contribution is 6.28. The molecule has 2 aromatic rings. The lowest BCUT2D eigenvalue weighted by molar-refractivity contribution is -0.0545. The minimum Gasteiger partial charge on any atom is -0.393 e. The fourth-order valence-electron chi connectivity index (χ4n) is 4.79. The van der Waals surface area contributed by atoms with E-state index < -0.39 is 24.4 Å². The van der Waals surface area contributed by atoms with Gasteiger partial charge in [-0.3, -0.25) is 0 Å². The standard InChI is InChI=1S/C18H20ClF2N5O3/c1-8-12(7-27)29-16(13(8)28)26-15-11(4-22-26)14(23-17(19)24-15)25-5-9-2-18(20,21)3-10(9)6-25/h4,9-10,12-13,16,27-28H,1-3,5-7H2/t9?,10?,12-,13-,16-/m1/s1. The van der Waals surface area contributed by atoms with Gasteiger partial charge in [0.15, 0.2) is 11.9 Å². The lowest BCUT2D eigenvalue weighted by atomic mass is 10.0. The summed E-state index contributed by atoms with van der Waals surface area (Å²) in [6, 6.07) is 0. The van der Waals surface area contributed by atoms with Crippen LogP contribution < -0.4 is 4.90 Å². The van der Waals surface area contributed by atoms with Crippen LogP contribution >= 0.6 is 11.6 Å². The van der Waals surface area contributed by atoms with Gasteiger partial charge in [0.25, 0.3) is 0 Å². The number of fused-ring (bicyclic) bond motifs is 2. The number of rotatable bonds is 3. The predicted molar refractivity (Wildman–Crippen MR) is 99.8 cm³/mol. The molecule has 0 radical (unpaired) electrons. The number of anilines is 1. The molecule has 29 heavy (non-hydrogen) atoms. The summed E-state index contributed by atoms with van der Waals surface area (Å²) in [5.41, 5.74) is 0.715. The van der Waals surface area contributed by atoms with Crippen LogP contribution in [0.1, 0.15) is 19.1 Å². The maximum absolute atomic E-state index is 13.7. The van der Waals surface area contributed by atoms with E-state index in [0.717, 1.165) is 0 Å². The Morgan fingerprint density at radius 3 is 2.59 bits per heavy atom. The molecule has 1 saturated carbocycles. The summed E-state index contributed by atoms with van der Waals surface area (Å²) in [6.07, 6.45) is -1.35. The van der Waals surface area contributed by atoms with Crippen molar-refractivity contribution in [3.63, 3.8) is 0 Å². The van der Waals surface area contributed by atoms with E-state index in [1.54, 1.807) is 6.20 Å². The highest BCUT2D eigenvalue weighted by Crippen LogP contribution is 2.48. The van der Waals surface area contributed by atoms with E-state index in [1.807, 2.05) is 4.90 Å². The number of ether oxygens (including phenoxy) is 1. The van der Waals surface area contributed by atoms with Crippen LogP contribution in [-0.2, 0) is 4.74 Å². The second-order valence-electron chi connectivity index (χ2n) is 8.05. The molecule has 2 N–H and O–H groups in total. The van der Waals surface area contributed by atoms with Gasteiger partial charge in [0.2, 0.25) is 11.2 Å². The van der Waals surface area contributed by atoms with Gasteiger partial charge in [-0.15, -0.1) is 0 Å². The predicted octanol–water partition coefficient (Wildman–Crippen LogP) is 1.77. The molecule has 0 amide bonds. The Balaban J connectivity index is 1.49. The third-order valence-electron chi connectivity index (χ3n) is 6.18. The number of hydrogen-bond acceptors (Lipinski definition) is 7. The average Bonchev–Trinajstić information content (AvgIpc) is 3.36. The Kier molecular flexibility index (Phi) is 4.32. The van der Waals surface area contributed by atoms with Crippen molar-refractivity contribution in [2.45, 2.75) is 37.2 Å². The van der Waals surface area contributed by atoms with Crippen molar-refractivity contribution in [1.29, 1.82) is 0 Å². The van der Waals surface area contributed by atoms with Crippen LogP contribution in [0.25, 0.3) is 11.0 Å². The molecule has 3 fully saturated rings. The second-order valence-corrected chi connectivity index (χ2v) is 8.39. The van der Waals surface area contributed by atoms with Crippen molar-refractivity contribution in [3.8, 4) is 0 Å². The molecule has 2 aliphatic heterocycles. The van der Waals surface area contributed by atoms with Gasteiger partial charge in [-0.05, 0) is 29.0 Å². The van der Waals surface area contributed by atoms with Gasteiger partial charge >= 0.3 is 0 Å². The van der Waals surface area contributed by atoms with Crippen LogP contribution in [0.15, 0.2) is 18.3 Å². The van der Waals surface area contributed by atoms with Crippen LogP contribution in [0.3, 0.4) is 0 Å². The van der Waals surface area contributed by atoms with Crippen molar-refractivity contribution >= 4 is 28.5 Å². The summed E-state index contributed by atoms with van der Waals surface area (Å²) in [7, 11) is 0. The summed E-state index contributed by atoms with van der Waals surface area (Å²) in [6.45, 7) is 4.40. The monoisotopic (exact) mass is 427 g/mol. The minimum absolute atomic E-state index is 0.0124. The van der Waals surface area contributed by atoms with E-state index in [2.05, 4.69) is 21.6 Å². The average molecular weight is 428 g/mol. The number of hydrogen-bond donors (Lipinski definition) is 2. The summed E-state index contributed by atoms with van der Waals surface area (Å²) >= 11 is 6.15. The van der Waals surface area contributed by atoms with E-state index in [0.29, 0.717) is 35.5 Å². The van der Waals surface area contributed by atoms with Gasteiger partial charge < -0.3 is 19.8 Å². The number of alkyl halides is 2. The maximum Gasteiger partial charge on any atom is 0.248 e. The third kappa shape index (κ3) is 3.00. The molecule has 5 atom stereocenters. The van der Waals surface area contributed by atoms with E-state index in [9.17, 15) is 19.0 Å². The van der Waals surface area contributed by atoms with Crippen molar-refractivity contribution < 1.29 is 23.7 Å². The van der Waals surface area contributed by atoms with Gasteiger partial charge in [-0.2, -0.15) is 15.1 Å². The van der Waals surface area contributed by atoms with Crippen molar-refractivity contribution in [3.05, 3.63) is 23.6 Å². The van der Waals surface area contributed by atoms with Crippen molar-refractivity contribution in [2.24, 2.45) is 11.8 Å². The Labute approximate surface area is 169 Å². The lowest BCUT2D eigenvalue weighted by Gasteiger charge is -2.21. The molecule has 11 heteroatoms. The number of nitrogens with zero attached hydrogens (tertiary/aromatic N) is 5. The molecule has 2 unspecified atom stereocenters. The van der Waals surface area contributed by atoms with E-state index >= 15 is 0 Å². The lowest BCUT2D eigenvalue weighted by Crippen LogP contribution is -2.25. The number of aromatic nitrogens is 4. The zero-order valence-electron chi connectivity index (χ0n) is 15.4. The summed E-state index contributed by atoms with van der Waals surface area (Å²) in [5.74, 6) is -2.23. The molecule has 1 aliphatic carbocycles. The summed E-state index contributed by atoms with van der Waals surface area (Å²) in [4.78, 5) is 10.5. The molecule has 5 rings (SSSR count). The highest BCUT2D eigenvalue weighted by Gasteiger charge is 2.50. The molecule has 0 spiro atoms. The van der Waals surface area contributed by atoms with E-state index in [1.165, 1.54) is 4.68 Å². The van der Waals surface area contributed by atoms with E-state index in [4.69, 9.17) is 16.3 Å². The molecular weight excluding hydrogens is 408 g/mol. The first-order valence-corrected chi connectivity index (χ1v) is 9.82. The van der Waals surface area contributed by atoms with Crippen molar-refractivity contribution in [2.75, 3.05) is 24.6 Å². The topological polar surface area (TPSA) is 96.5 Å². The quantitative estimate of drug-likeness (QED) is 0.569. The molecule has 8 nitrogen and oxygen atoms in total. The van der Waals surface area contributed by atoms with Crippen LogP contribution in [-0.4, -0.2) is 67.8 Å². The molecule has 2 aromatic heterocycles. The smallest absolute Gasteiger partial charge is 0.248 e. The Morgan fingerprint density at radius 2 is 1.97 bits per heavy atom. The third-order valence-corrected chi connectivity index (χ3v) is 6.35. The van der Waals surface area contributed by atoms with Crippen LogP contribution in [0.2, 0.25) is 5.28 Å². The fraction of sp³-hybridized carbons (Fsp3) is 0.611. The second kappa shape index (κ2) is 6.56. The fourth-order valence-corrected chi connectivity index (χ4v) is 4.95. The van der Waals surface area contributed by atoms with Gasteiger partial charge in [-0.1, -0.05) is 6.58 Å². The first-order valence-electron chi connectivity index (χ1n) is 9.44. The van der Waals surface area contributed by atoms with Crippen LogP contribution in [0, 0.1) is 11.8 Å². The van der Waals surface area contributed by atoms with Crippen molar-refractivity contribution in [1.82, 2.24) is 19.7 Å². The Hall–Kier alpha value is -1.88. The maximum atomic E-state index is 13.7. The highest BCUT2D eigenvalue weighted by atomic mass is 35.5. The van der Waals surface area contributed by atoms with Crippen LogP contribution in [0.5, 0.6) is 0 Å². The first-order chi connectivity index (χ1) is 13.8. The number of aliphatic hydroxyl groups excluding tert-OH is 2. The van der Waals surface area contributed by atoms with E-state index in [-0.39, 0.29) is 36.6 Å². The van der Waals surface area contributed by atoms with Gasteiger partial charge in [-0.25, -0.2) is 13.5 Å².